The Bertz CT molecular complexity index is 2950. The van der Waals surface area contributed by atoms with Crippen LogP contribution in [0.3, 0.4) is 0 Å². The Kier molecular flexibility index (Phi) is 6.74. The minimum atomic E-state index is -0.283. The molecular weight excluding hydrogens is 691 g/mol. The van der Waals surface area contributed by atoms with Gasteiger partial charge < -0.3 is 9.32 Å². The molecule has 7 aromatic carbocycles. The van der Waals surface area contributed by atoms with Crippen LogP contribution in [0.2, 0.25) is 0 Å². The highest BCUT2D eigenvalue weighted by molar-refractivity contribution is 6.08. The van der Waals surface area contributed by atoms with Crippen LogP contribution in [0.25, 0.3) is 55.3 Å². The Morgan fingerprint density at radius 2 is 0.912 bits per heavy atom. The van der Waals surface area contributed by atoms with Crippen molar-refractivity contribution in [3.05, 3.63) is 172 Å². The van der Waals surface area contributed by atoms with Gasteiger partial charge in [0.15, 0.2) is 0 Å². The highest BCUT2D eigenvalue weighted by atomic mass is 16.3. The Labute approximate surface area is 336 Å². The third kappa shape index (κ3) is 4.42. The number of fused-ring (bicyclic) bond motifs is 12. The van der Waals surface area contributed by atoms with Crippen molar-refractivity contribution in [2.45, 2.75) is 84.0 Å². The van der Waals surface area contributed by atoms with Crippen molar-refractivity contribution < 1.29 is 4.42 Å². The van der Waals surface area contributed by atoms with Crippen LogP contribution in [0, 0.1) is 0 Å². The van der Waals surface area contributed by atoms with Gasteiger partial charge in [-0.15, -0.1) is 0 Å². The Morgan fingerprint density at radius 1 is 0.439 bits per heavy atom. The fourth-order valence-corrected chi connectivity index (χ4v) is 11.3. The van der Waals surface area contributed by atoms with Crippen molar-refractivity contribution in [3.8, 4) is 33.4 Å². The molecule has 0 atom stereocenters. The lowest BCUT2D eigenvalue weighted by Gasteiger charge is -2.39. The van der Waals surface area contributed by atoms with Crippen molar-refractivity contribution in [1.82, 2.24) is 0 Å². The molecule has 11 rings (SSSR count). The first-order valence-electron chi connectivity index (χ1n) is 20.6. The van der Waals surface area contributed by atoms with E-state index in [0.29, 0.717) is 0 Å². The van der Waals surface area contributed by atoms with Gasteiger partial charge in [0.25, 0.3) is 0 Å². The number of hydrogen-bond donors (Lipinski definition) is 0. The summed E-state index contributed by atoms with van der Waals surface area (Å²) in [5, 5.41) is 2.28. The molecule has 0 radical (unpaired) electrons. The first-order chi connectivity index (χ1) is 27.2. The van der Waals surface area contributed by atoms with Gasteiger partial charge >= 0.3 is 0 Å². The Balaban J connectivity index is 1.32. The van der Waals surface area contributed by atoms with Gasteiger partial charge in [0.1, 0.15) is 11.2 Å². The van der Waals surface area contributed by atoms with Gasteiger partial charge in [0, 0.05) is 44.5 Å². The molecule has 57 heavy (non-hydrogen) atoms. The van der Waals surface area contributed by atoms with E-state index in [2.05, 4.69) is 201 Å². The quantitative estimate of drug-likeness (QED) is 0.179. The van der Waals surface area contributed by atoms with Crippen LogP contribution in [0.5, 0.6) is 0 Å². The predicted molar refractivity (Wildman–Crippen MR) is 240 cm³/mol. The van der Waals surface area contributed by atoms with E-state index < -0.39 is 0 Å². The second kappa shape index (κ2) is 11.2. The number of para-hydroxylation sites is 1. The molecule has 0 bridgehead atoms. The maximum absolute atomic E-state index is 6.67. The summed E-state index contributed by atoms with van der Waals surface area (Å²) in [6.07, 6.45) is 0. The largest absolute Gasteiger partial charge is 0.456 e. The molecule has 3 aliphatic rings. The molecule has 0 amide bonds. The summed E-state index contributed by atoms with van der Waals surface area (Å²) in [6, 6.07) is 49.9. The molecule has 0 saturated heterocycles. The number of hydrogen-bond acceptors (Lipinski definition) is 2. The summed E-state index contributed by atoms with van der Waals surface area (Å²) < 4.78 is 6.67. The van der Waals surface area contributed by atoms with Crippen molar-refractivity contribution in [2.24, 2.45) is 0 Å². The zero-order valence-electron chi connectivity index (χ0n) is 34.6. The molecule has 2 heteroatoms. The summed E-state index contributed by atoms with van der Waals surface area (Å²) in [7, 11) is 0. The SMILES string of the molecule is CC(C)(C)c1c2c(c(N(c3ccc4c(c3)C(C)(C)c3ccccc3-4)c3ccc4c(c3)oc3ccccc34)c3c1-c1ccccc1C3(C)C)C(C)(C)c1ccccc1-2. The fraction of sp³-hybridized carbons (Fsp3) is 0.236. The van der Waals surface area contributed by atoms with Crippen molar-refractivity contribution in [3.63, 3.8) is 0 Å². The number of benzene rings is 7. The topological polar surface area (TPSA) is 16.4 Å². The number of furan rings is 1. The maximum atomic E-state index is 6.67. The normalized spacial score (nSPS) is 16.2. The minimum Gasteiger partial charge on any atom is -0.456 e. The Hall–Kier alpha value is -5.86. The Morgan fingerprint density at radius 3 is 1.53 bits per heavy atom. The maximum Gasteiger partial charge on any atom is 0.137 e. The standard InChI is InChI=1S/C55H49NO/c1-52(2,3)48-46-38-20-11-15-23-41(38)54(6,7)49(46)51(50-47(48)39-21-12-16-24-42(39)55(50,8)9)56(33-27-29-37-36-19-13-17-25-44(36)57-45(37)31-33)32-26-28-35-34-18-10-14-22-40(34)53(4,5)43(35)30-32/h10-31H,1-9H3. The summed E-state index contributed by atoms with van der Waals surface area (Å²) in [4.78, 5) is 2.62. The van der Waals surface area contributed by atoms with E-state index in [1.807, 2.05) is 0 Å². The molecule has 0 fully saturated rings. The van der Waals surface area contributed by atoms with Gasteiger partial charge in [-0.3, -0.25) is 0 Å². The average Bonchev–Trinajstić information content (AvgIpc) is 3.83. The van der Waals surface area contributed by atoms with Gasteiger partial charge in [0.05, 0.1) is 5.69 Å². The van der Waals surface area contributed by atoms with Crippen LogP contribution < -0.4 is 4.90 Å². The van der Waals surface area contributed by atoms with Gasteiger partial charge in [-0.25, -0.2) is 0 Å². The van der Waals surface area contributed by atoms with E-state index in [0.717, 1.165) is 33.3 Å². The van der Waals surface area contributed by atoms with E-state index in [1.54, 1.807) is 0 Å². The second-order valence-electron chi connectivity index (χ2n) is 19.3. The highest BCUT2D eigenvalue weighted by Gasteiger charge is 2.50. The van der Waals surface area contributed by atoms with Crippen molar-refractivity contribution in [2.75, 3.05) is 4.90 Å². The molecule has 0 saturated carbocycles. The van der Waals surface area contributed by atoms with E-state index in [1.165, 1.54) is 78.0 Å². The summed E-state index contributed by atoms with van der Waals surface area (Å²) >= 11 is 0. The third-order valence-corrected chi connectivity index (χ3v) is 13.9. The molecular formula is C55H49NO. The summed E-state index contributed by atoms with van der Waals surface area (Å²) in [6.45, 7) is 21.8. The average molecular weight is 740 g/mol. The second-order valence-corrected chi connectivity index (χ2v) is 19.3. The van der Waals surface area contributed by atoms with Gasteiger partial charge in [0.2, 0.25) is 0 Å². The zero-order valence-corrected chi connectivity index (χ0v) is 34.6. The van der Waals surface area contributed by atoms with E-state index >= 15 is 0 Å². The highest BCUT2D eigenvalue weighted by Crippen LogP contribution is 2.66. The molecule has 8 aromatic rings. The van der Waals surface area contributed by atoms with Crippen LogP contribution >= 0.6 is 0 Å². The molecule has 0 aliphatic heterocycles. The molecule has 1 heterocycles. The lowest BCUT2D eigenvalue weighted by atomic mass is 9.70. The van der Waals surface area contributed by atoms with Gasteiger partial charge in [-0.1, -0.05) is 159 Å². The van der Waals surface area contributed by atoms with Crippen LogP contribution in [-0.2, 0) is 21.7 Å². The first-order valence-corrected chi connectivity index (χ1v) is 20.6. The molecule has 1 aromatic heterocycles. The van der Waals surface area contributed by atoms with E-state index in [4.69, 9.17) is 4.42 Å². The fourth-order valence-electron chi connectivity index (χ4n) is 11.3. The first kappa shape index (κ1) is 34.4. The van der Waals surface area contributed by atoms with Crippen molar-refractivity contribution >= 4 is 39.0 Å². The molecule has 2 nitrogen and oxygen atoms in total. The smallest absolute Gasteiger partial charge is 0.137 e. The number of rotatable bonds is 3. The van der Waals surface area contributed by atoms with Gasteiger partial charge in [-0.05, 0) is 108 Å². The summed E-state index contributed by atoms with van der Waals surface area (Å²) in [5.74, 6) is 0. The predicted octanol–water partition coefficient (Wildman–Crippen LogP) is 15.3. The van der Waals surface area contributed by atoms with Crippen LogP contribution in [0.15, 0.2) is 138 Å². The van der Waals surface area contributed by atoms with Gasteiger partial charge in [-0.2, -0.15) is 0 Å². The number of anilines is 3. The van der Waals surface area contributed by atoms with Crippen LogP contribution in [0.4, 0.5) is 17.1 Å². The molecule has 3 aliphatic carbocycles. The molecule has 0 spiro atoms. The van der Waals surface area contributed by atoms with Crippen molar-refractivity contribution in [1.29, 1.82) is 0 Å². The van der Waals surface area contributed by atoms with Crippen LogP contribution in [0.1, 0.15) is 101 Å². The summed E-state index contributed by atoms with van der Waals surface area (Å²) in [5.41, 5.74) is 22.5. The minimum absolute atomic E-state index is 0.130. The molecule has 280 valence electrons. The van der Waals surface area contributed by atoms with E-state index in [9.17, 15) is 0 Å². The van der Waals surface area contributed by atoms with E-state index in [-0.39, 0.29) is 21.7 Å². The van der Waals surface area contributed by atoms with Crippen LogP contribution in [-0.4, -0.2) is 0 Å². The number of nitrogens with zero attached hydrogens (tertiary/aromatic N) is 1. The molecule has 0 N–H and O–H groups in total. The lowest BCUT2D eigenvalue weighted by Crippen LogP contribution is -2.28. The third-order valence-electron chi connectivity index (χ3n) is 13.9. The zero-order chi connectivity index (χ0) is 39.4. The monoisotopic (exact) mass is 739 g/mol. The lowest BCUT2D eigenvalue weighted by molar-refractivity contribution is 0.587. The molecule has 0 unspecified atom stereocenters.